The molecule has 3 rings (SSSR count). The molecule has 1 aromatic carbocycles. The van der Waals surface area contributed by atoms with E-state index in [1.54, 1.807) is 23.5 Å². The summed E-state index contributed by atoms with van der Waals surface area (Å²) in [5.74, 6) is -1.11. The maximum Gasteiger partial charge on any atom is 0.346 e. The first-order valence-corrected chi connectivity index (χ1v) is 7.19. The Kier molecular flexibility index (Phi) is 2.80. The number of rotatable bonds is 1. The van der Waals surface area contributed by atoms with Crippen LogP contribution in [0.4, 0.5) is 0 Å². The van der Waals surface area contributed by atoms with Crippen LogP contribution < -0.4 is 0 Å². The number of esters is 2. The number of hydrogen-bond acceptors (Lipinski definition) is 4. The van der Waals surface area contributed by atoms with E-state index in [2.05, 4.69) is 37.6 Å². The minimum atomic E-state index is -0.557. The Balaban J connectivity index is 2.04. The number of thiophene rings is 1. The summed E-state index contributed by atoms with van der Waals surface area (Å²) in [4.78, 5) is 25.4. The van der Waals surface area contributed by atoms with Crippen molar-refractivity contribution in [1.29, 1.82) is 0 Å². The van der Waals surface area contributed by atoms with Gasteiger partial charge in [0, 0.05) is 9.75 Å². The van der Waals surface area contributed by atoms with Crippen LogP contribution in [0.3, 0.4) is 0 Å². The Hall–Kier alpha value is -1.94. The molecule has 4 heteroatoms. The zero-order valence-electron chi connectivity index (χ0n) is 11.5. The summed E-state index contributed by atoms with van der Waals surface area (Å²) in [6.45, 7) is 6.50. The first-order chi connectivity index (χ1) is 9.36. The summed E-state index contributed by atoms with van der Waals surface area (Å²) in [7, 11) is 0. The van der Waals surface area contributed by atoms with Crippen molar-refractivity contribution >= 4 is 23.3 Å². The van der Waals surface area contributed by atoms with Gasteiger partial charge >= 0.3 is 11.9 Å². The molecular weight excluding hydrogens is 272 g/mol. The van der Waals surface area contributed by atoms with E-state index < -0.39 is 11.9 Å². The number of hydrogen-bond donors (Lipinski definition) is 0. The van der Waals surface area contributed by atoms with Crippen molar-refractivity contribution in [2.75, 3.05) is 0 Å². The van der Waals surface area contributed by atoms with E-state index in [1.807, 2.05) is 6.07 Å². The molecule has 1 aliphatic rings. The van der Waals surface area contributed by atoms with Crippen molar-refractivity contribution < 1.29 is 14.3 Å². The van der Waals surface area contributed by atoms with E-state index in [1.165, 1.54) is 4.88 Å². The first-order valence-electron chi connectivity index (χ1n) is 6.37. The van der Waals surface area contributed by atoms with E-state index >= 15 is 0 Å². The summed E-state index contributed by atoms with van der Waals surface area (Å²) in [6, 6.07) is 9.41. The highest BCUT2D eigenvalue weighted by atomic mass is 32.1. The number of ether oxygens (including phenoxy) is 1. The predicted molar refractivity (Wildman–Crippen MR) is 78.2 cm³/mol. The van der Waals surface area contributed by atoms with Gasteiger partial charge in [-0.25, -0.2) is 9.59 Å². The minimum Gasteiger partial charge on any atom is -0.386 e. The average Bonchev–Trinajstić information content (AvgIpc) is 2.95. The Bertz CT molecular complexity index is 720. The third-order valence-electron chi connectivity index (χ3n) is 3.27. The van der Waals surface area contributed by atoms with Gasteiger partial charge in [0.25, 0.3) is 0 Å². The Labute approximate surface area is 121 Å². The van der Waals surface area contributed by atoms with Crippen molar-refractivity contribution in [3.05, 3.63) is 46.3 Å². The van der Waals surface area contributed by atoms with Gasteiger partial charge in [0.2, 0.25) is 0 Å². The highest BCUT2D eigenvalue weighted by Crippen LogP contribution is 2.36. The van der Waals surface area contributed by atoms with Crippen LogP contribution >= 0.6 is 11.3 Å². The minimum absolute atomic E-state index is 0.106. The lowest BCUT2D eigenvalue weighted by molar-refractivity contribution is 0.0444. The maximum atomic E-state index is 11.6. The van der Waals surface area contributed by atoms with Gasteiger partial charge in [-0.05, 0) is 35.2 Å². The molecule has 0 bridgehead atoms. The molecule has 0 atom stereocenters. The van der Waals surface area contributed by atoms with Crippen LogP contribution in [0.15, 0.2) is 30.3 Å². The molecule has 3 nitrogen and oxygen atoms in total. The lowest BCUT2D eigenvalue weighted by Crippen LogP contribution is -2.07. The Morgan fingerprint density at radius 2 is 1.65 bits per heavy atom. The molecule has 0 fully saturated rings. The van der Waals surface area contributed by atoms with Gasteiger partial charge in [0.1, 0.15) is 0 Å². The van der Waals surface area contributed by atoms with Crippen LogP contribution in [-0.2, 0) is 10.2 Å². The number of benzene rings is 1. The predicted octanol–water partition coefficient (Wildman–Crippen LogP) is 4.02. The van der Waals surface area contributed by atoms with Gasteiger partial charge in [-0.1, -0.05) is 26.8 Å². The number of carbonyl (C=O) groups is 2. The summed E-state index contributed by atoms with van der Waals surface area (Å²) >= 11 is 1.70. The normalized spacial score (nSPS) is 14.3. The van der Waals surface area contributed by atoms with Crippen molar-refractivity contribution in [1.82, 2.24) is 0 Å². The molecule has 2 heterocycles. The molecule has 0 saturated heterocycles. The van der Waals surface area contributed by atoms with E-state index in [4.69, 9.17) is 0 Å². The fourth-order valence-electron chi connectivity index (χ4n) is 2.13. The molecule has 0 saturated carbocycles. The molecule has 0 radical (unpaired) electrons. The van der Waals surface area contributed by atoms with E-state index in [-0.39, 0.29) is 5.41 Å². The second-order valence-corrected chi connectivity index (χ2v) is 6.94. The molecule has 0 aliphatic carbocycles. The summed E-state index contributed by atoms with van der Waals surface area (Å²) < 4.78 is 4.61. The molecule has 102 valence electrons. The molecule has 1 aliphatic heterocycles. The topological polar surface area (TPSA) is 43.4 Å². The van der Waals surface area contributed by atoms with Crippen LogP contribution in [0.1, 0.15) is 46.4 Å². The van der Waals surface area contributed by atoms with Crippen LogP contribution in [-0.4, -0.2) is 11.9 Å². The van der Waals surface area contributed by atoms with Gasteiger partial charge in [0.05, 0.1) is 11.1 Å². The number of cyclic esters (lactones) is 2. The first kappa shape index (κ1) is 13.1. The molecule has 0 spiro atoms. The fraction of sp³-hybridized carbons (Fsp3) is 0.250. The Morgan fingerprint density at radius 3 is 2.30 bits per heavy atom. The standard InChI is InChI=1S/C16H14O3S/c1-16(2,3)13-7-6-12(20-13)9-4-5-10-11(8-9)15(18)19-14(10)17/h4-8H,1-3H3. The molecule has 0 amide bonds. The van der Waals surface area contributed by atoms with Gasteiger partial charge in [-0.2, -0.15) is 0 Å². The average molecular weight is 286 g/mol. The molecule has 1 aromatic heterocycles. The smallest absolute Gasteiger partial charge is 0.346 e. The Morgan fingerprint density at radius 1 is 0.950 bits per heavy atom. The van der Waals surface area contributed by atoms with Gasteiger partial charge < -0.3 is 4.74 Å². The van der Waals surface area contributed by atoms with Crippen LogP contribution in [0.5, 0.6) is 0 Å². The molecule has 0 unspecified atom stereocenters. The van der Waals surface area contributed by atoms with E-state index in [9.17, 15) is 9.59 Å². The van der Waals surface area contributed by atoms with Crippen LogP contribution in [0.25, 0.3) is 10.4 Å². The third kappa shape index (κ3) is 2.06. The van der Waals surface area contributed by atoms with E-state index in [0.717, 1.165) is 10.4 Å². The SMILES string of the molecule is CC(C)(C)c1ccc(-c2ccc3c(c2)C(=O)OC3=O)s1. The highest BCUT2D eigenvalue weighted by Gasteiger charge is 2.29. The second kappa shape index (κ2) is 4.28. The van der Waals surface area contributed by atoms with Gasteiger partial charge in [-0.3, -0.25) is 0 Å². The lowest BCUT2D eigenvalue weighted by atomic mass is 9.95. The summed E-state index contributed by atoms with van der Waals surface area (Å²) in [5.41, 5.74) is 1.76. The van der Waals surface area contributed by atoms with Crippen molar-refractivity contribution in [3.8, 4) is 10.4 Å². The number of fused-ring (bicyclic) bond motifs is 1. The maximum absolute atomic E-state index is 11.6. The van der Waals surface area contributed by atoms with Gasteiger partial charge in [0.15, 0.2) is 0 Å². The largest absolute Gasteiger partial charge is 0.386 e. The zero-order chi connectivity index (χ0) is 14.5. The van der Waals surface area contributed by atoms with Crippen molar-refractivity contribution in [3.63, 3.8) is 0 Å². The van der Waals surface area contributed by atoms with Crippen molar-refractivity contribution in [2.45, 2.75) is 26.2 Å². The third-order valence-corrected chi connectivity index (χ3v) is 4.83. The fourth-order valence-corrected chi connectivity index (χ4v) is 3.19. The molecule has 20 heavy (non-hydrogen) atoms. The number of carbonyl (C=O) groups excluding carboxylic acids is 2. The molecule has 2 aromatic rings. The van der Waals surface area contributed by atoms with E-state index in [0.29, 0.717) is 11.1 Å². The second-order valence-electron chi connectivity index (χ2n) is 5.85. The summed E-state index contributed by atoms with van der Waals surface area (Å²) in [6.07, 6.45) is 0. The zero-order valence-corrected chi connectivity index (χ0v) is 12.3. The van der Waals surface area contributed by atoms with Crippen LogP contribution in [0, 0.1) is 0 Å². The summed E-state index contributed by atoms with van der Waals surface area (Å²) in [5, 5.41) is 0. The van der Waals surface area contributed by atoms with Crippen LogP contribution in [0.2, 0.25) is 0 Å². The monoisotopic (exact) mass is 286 g/mol. The van der Waals surface area contributed by atoms with Crippen molar-refractivity contribution in [2.24, 2.45) is 0 Å². The highest BCUT2D eigenvalue weighted by molar-refractivity contribution is 7.15. The lowest BCUT2D eigenvalue weighted by Gasteiger charge is -2.15. The molecular formula is C16H14O3S. The molecule has 0 N–H and O–H groups in total. The quantitative estimate of drug-likeness (QED) is 0.587. The van der Waals surface area contributed by atoms with Gasteiger partial charge in [-0.15, -0.1) is 11.3 Å².